The number of rotatable bonds is 4. The van der Waals surface area contributed by atoms with Crippen LogP contribution in [0.15, 0.2) is 30.3 Å². The van der Waals surface area contributed by atoms with Gasteiger partial charge in [-0.1, -0.05) is 30.3 Å². The Hall–Kier alpha value is -2.04. The van der Waals surface area contributed by atoms with Gasteiger partial charge in [0.2, 0.25) is 11.6 Å². The van der Waals surface area contributed by atoms with E-state index in [9.17, 15) is 9.18 Å². The van der Waals surface area contributed by atoms with Crippen LogP contribution in [0, 0.1) is 11.3 Å². The molecule has 0 radical (unpaired) electrons. The fourth-order valence-corrected chi connectivity index (χ4v) is 4.04. The molecule has 1 aromatic heterocycles. The molecule has 2 unspecified atom stereocenters. The molecule has 5 rings (SSSR count). The quantitative estimate of drug-likeness (QED) is 0.810. The third-order valence-electron chi connectivity index (χ3n) is 5.65. The zero-order valence-corrected chi connectivity index (χ0v) is 12.8. The second-order valence-electron chi connectivity index (χ2n) is 7.13. The van der Waals surface area contributed by atoms with Gasteiger partial charge in [-0.05, 0) is 37.2 Å². The van der Waals surface area contributed by atoms with Gasteiger partial charge in [0.05, 0.1) is 6.04 Å². The maximum absolute atomic E-state index is 14.4. The first kappa shape index (κ1) is 13.4. The minimum Gasteiger partial charge on any atom is -0.290 e. The normalized spacial score (nSPS) is 27.7. The van der Waals surface area contributed by atoms with Crippen molar-refractivity contribution in [3.8, 4) is 0 Å². The molecule has 0 spiro atoms. The molecule has 2 aromatic rings. The molecule has 0 N–H and O–H groups in total. The van der Waals surface area contributed by atoms with E-state index in [2.05, 4.69) is 10.1 Å². The summed E-state index contributed by atoms with van der Waals surface area (Å²) in [5, 5.41) is 4.43. The second-order valence-corrected chi connectivity index (χ2v) is 7.13. The Morgan fingerprint density at radius 1 is 1.22 bits per heavy atom. The number of aromatic nitrogens is 3. The van der Waals surface area contributed by atoms with Crippen LogP contribution in [0.3, 0.4) is 0 Å². The molecule has 0 bridgehead atoms. The highest BCUT2D eigenvalue weighted by atomic mass is 19.1. The van der Waals surface area contributed by atoms with E-state index < -0.39 is 6.17 Å². The number of halogens is 1. The van der Waals surface area contributed by atoms with Gasteiger partial charge in [0.1, 0.15) is 0 Å². The lowest BCUT2D eigenvalue weighted by Gasteiger charge is -2.12. The summed E-state index contributed by atoms with van der Waals surface area (Å²) in [6.07, 6.45) is 3.37. The van der Waals surface area contributed by atoms with Crippen LogP contribution < -0.4 is 0 Å². The first-order valence-electron chi connectivity index (χ1n) is 8.39. The molecule has 5 heteroatoms. The number of Topliss-reactive ketones (excluding diaryl/α,β-unsaturated/α-hetero) is 1. The van der Waals surface area contributed by atoms with E-state index in [1.807, 2.05) is 30.3 Å². The predicted molar refractivity (Wildman–Crippen MR) is 81.8 cm³/mol. The molecular formula is C18H18FN3O. The Morgan fingerprint density at radius 3 is 2.61 bits per heavy atom. The van der Waals surface area contributed by atoms with Crippen LogP contribution in [-0.4, -0.2) is 20.5 Å². The lowest BCUT2D eigenvalue weighted by Crippen LogP contribution is -2.20. The molecule has 2 fully saturated rings. The summed E-state index contributed by atoms with van der Waals surface area (Å²) in [4.78, 5) is 17.1. The highest BCUT2D eigenvalue weighted by molar-refractivity contribution is 5.99. The third kappa shape index (κ3) is 1.92. The van der Waals surface area contributed by atoms with E-state index in [1.165, 1.54) is 0 Å². The predicted octanol–water partition coefficient (Wildman–Crippen LogP) is 3.65. The highest BCUT2D eigenvalue weighted by Gasteiger charge is 2.60. The lowest BCUT2D eigenvalue weighted by atomic mass is 9.94. The number of alkyl halides is 1. The smallest absolute Gasteiger partial charge is 0.218 e. The van der Waals surface area contributed by atoms with Crippen molar-refractivity contribution >= 4 is 5.78 Å². The van der Waals surface area contributed by atoms with Crippen molar-refractivity contribution in [1.29, 1.82) is 0 Å². The molecule has 23 heavy (non-hydrogen) atoms. The van der Waals surface area contributed by atoms with Gasteiger partial charge in [-0.2, -0.15) is 0 Å². The van der Waals surface area contributed by atoms with Crippen LogP contribution in [-0.2, 0) is 0 Å². The standard InChI is InChI=1S/C18H18FN3O/c19-13-10-14(11-4-2-1-3-5-11)22-17(13)20-16(21-22)15(23)18(8-9-18)12-6-7-12/h1-5,12-14H,6-10H2. The molecule has 2 atom stereocenters. The number of nitrogens with zero attached hydrogens (tertiary/aromatic N) is 3. The van der Waals surface area contributed by atoms with Crippen molar-refractivity contribution in [2.24, 2.45) is 11.3 Å². The average molecular weight is 311 g/mol. The molecule has 0 saturated heterocycles. The topological polar surface area (TPSA) is 47.8 Å². The van der Waals surface area contributed by atoms with Crippen molar-refractivity contribution in [2.45, 2.75) is 44.3 Å². The first-order chi connectivity index (χ1) is 11.2. The molecule has 118 valence electrons. The molecule has 4 nitrogen and oxygen atoms in total. The summed E-state index contributed by atoms with van der Waals surface area (Å²) in [5.74, 6) is 1.10. The van der Waals surface area contributed by atoms with Crippen molar-refractivity contribution < 1.29 is 9.18 Å². The lowest BCUT2D eigenvalue weighted by molar-refractivity contribution is 0.0869. The summed E-state index contributed by atoms with van der Waals surface area (Å²) in [5.41, 5.74) is 0.803. The monoisotopic (exact) mass is 311 g/mol. The van der Waals surface area contributed by atoms with Gasteiger partial charge in [0.15, 0.2) is 12.0 Å². The maximum atomic E-state index is 14.4. The van der Waals surface area contributed by atoms with E-state index in [-0.39, 0.29) is 23.1 Å². The van der Waals surface area contributed by atoms with Crippen molar-refractivity contribution in [3.05, 3.63) is 47.5 Å². The molecule has 3 aliphatic rings. The fourth-order valence-electron chi connectivity index (χ4n) is 4.04. The minimum absolute atomic E-state index is 0.0425. The van der Waals surface area contributed by atoms with E-state index in [0.717, 1.165) is 31.2 Å². The van der Waals surface area contributed by atoms with Crippen molar-refractivity contribution in [1.82, 2.24) is 14.8 Å². The van der Waals surface area contributed by atoms with E-state index in [4.69, 9.17) is 0 Å². The number of carbonyl (C=O) groups is 1. The second kappa shape index (κ2) is 4.49. The van der Waals surface area contributed by atoms with Crippen LogP contribution >= 0.6 is 0 Å². The van der Waals surface area contributed by atoms with E-state index in [0.29, 0.717) is 18.2 Å². The first-order valence-corrected chi connectivity index (χ1v) is 8.39. The molecule has 1 aliphatic heterocycles. The molecule has 2 aliphatic carbocycles. The summed E-state index contributed by atoms with van der Waals surface area (Å²) >= 11 is 0. The molecule has 2 heterocycles. The number of benzene rings is 1. The Morgan fingerprint density at radius 2 is 1.96 bits per heavy atom. The van der Waals surface area contributed by atoms with E-state index in [1.54, 1.807) is 4.68 Å². The SMILES string of the molecule is O=C(c1nc2n(n1)C(c1ccccc1)CC2F)C1(C2CC2)CC1. The van der Waals surface area contributed by atoms with Gasteiger partial charge < -0.3 is 0 Å². The summed E-state index contributed by atoms with van der Waals surface area (Å²) < 4.78 is 16.0. The fraction of sp³-hybridized carbons (Fsp3) is 0.500. The van der Waals surface area contributed by atoms with Gasteiger partial charge in [0, 0.05) is 11.8 Å². The Bertz CT molecular complexity index is 777. The Labute approximate surface area is 133 Å². The zero-order valence-electron chi connectivity index (χ0n) is 12.8. The number of fused-ring (bicyclic) bond motifs is 1. The minimum atomic E-state index is -1.15. The number of hydrogen-bond acceptors (Lipinski definition) is 3. The van der Waals surface area contributed by atoms with Gasteiger partial charge in [-0.25, -0.2) is 14.1 Å². The van der Waals surface area contributed by atoms with Gasteiger partial charge in [0.25, 0.3) is 0 Å². The molecule has 1 aromatic carbocycles. The van der Waals surface area contributed by atoms with Crippen molar-refractivity contribution in [2.75, 3.05) is 0 Å². The van der Waals surface area contributed by atoms with Crippen LogP contribution in [0.2, 0.25) is 0 Å². The van der Waals surface area contributed by atoms with Crippen molar-refractivity contribution in [3.63, 3.8) is 0 Å². The molecule has 2 saturated carbocycles. The van der Waals surface area contributed by atoms with Crippen LogP contribution in [0.5, 0.6) is 0 Å². The Kier molecular flexibility index (Phi) is 2.62. The average Bonchev–Trinajstić information content (AvgIpc) is 3.47. The summed E-state index contributed by atoms with van der Waals surface area (Å²) in [7, 11) is 0. The number of hydrogen-bond donors (Lipinski definition) is 0. The van der Waals surface area contributed by atoms with Gasteiger partial charge in [-0.15, -0.1) is 5.10 Å². The number of ketones is 1. The Balaban J connectivity index is 1.51. The largest absolute Gasteiger partial charge is 0.290 e. The van der Waals surface area contributed by atoms with E-state index >= 15 is 0 Å². The van der Waals surface area contributed by atoms with Gasteiger partial charge >= 0.3 is 0 Å². The maximum Gasteiger partial charge on any atom is 0.218 e. The molecular weight excluding hydrogens is 293 g/mol. The number of carbonyl (C=O) groups excluding carboxylic acids is 1. The van der Waals surface area contributed by atoms with Crippen LogP contribution in [0.4, 0.5) is 4.39 Å². The third-order valence-corrected chi connectivity index (χ3v) is 5.65. The van der Waals surface area contributed by atoms with Crippen LogP contribution in [0.1, 0.15) is 66.3 Å². The molecule has 0 amide bonds. The summed E-state index contributed by atoms with van der Waals surface area (Å²) in [6.45, 7) is 0. The van der Waals surface area contributed by atoms with Gasteiger partial charge in [-0.3, -0.25) is 4.79 Å². The zero-order chi connectivity index (χ0) is 15.6. The highest BCUT2D eigenvalue weighted by Crippen LogP contribution is 2.62. The summed E-state index contributed by atoms with van der Waals surface area (Å²) in [6, 6.07) is 9.61. The van der Waals surface area contributed by atoms with Crippen LogP contribution in [0.25, 0.3) is 0 Å².